The van der Waals surface area contributed by atoms with Crippen LogP contribution in [0.1, 0.15) is 19.5 Å². The zero-order valence-corrected chi connectivity index (χ0v) is 11.8. The fourth-order valence-corrected chi connectivity index (χ4v) is 3.28. The zero-order chi connectivity index (χ0) is 12.0. The first-order valence-corrected chi connectivity index (χ1v) is 7.61. The van der Waals surface area contributed by atoms with Crippen molar-refractivity contribution in [3.05, 3.63) is 11.9 Å². The number of nitrogens with zero attached hydrogens (tertiary/aromatic N) is 2. The molecule has 1 rings (SSSR count). The molecule has 0 aromatic carbocycles. The van der Waals surface area contributed by atoms with Gasteiger partial charge in [-0.25, -0.2) is 4.98 Å². The van der Waals surface area contributed by atoms with Gasteiger partial charge < -0.3 is 9.67 Å². The predicted octanol–water partition coefficient (Wildman–Crippen LogP) is 2.39. The Morgan fingerprint density at radius 3 is 2.75 bits per heavy atom. The van der Waals surface area contributed by atoms with Gasteiger partial charge in [-0.15, -0.1) is 0 Å². The molecular formula is C11H20N2OS2. The average Bonchev–Trinajstić information content (AvgIpc) is 2.59. The third kappa shape index (κ3) is 4.39. The lowest BCUT2D eigenvalue weighted by atomic mass is 10.3. The molecule has 0 amide bonds. The smallest absolute Gasteiger partial charge is 0.167 e. The molecule has 1 N–H and O–H groups in total. The Balaban J connectivity index is 2.24. The second-order valence-electron chi connectivity index (χ2n) is 4.07. The highest BCUT2D eigenvalue weighted by Gasteiger charge is 2.05. The Bertz CT molecular complexity index is 313. The van der Waals surface area contributed by atoms with Crippen molar-refractivity contribution in [3.8, 4) is 0 Å². The van der Waals surface area contributed by atoms with Crippen molar-refractivity contribution < 1.29 is 5.11 Å². The van der Waals surface area contributed by atoms with Gasteiger partial charge in [0.25, 0.3) is 0 Å². The Kier molecular flexibility index (Phi) is 6.31. The molecular weight excluding hydrogens is 240 g/mol. The molecule has 1 heterocycles. The maximum atomic E-state index is 9.03. The molecule has 0 fully saturated rings. The Morgan fingerprint density at radius 2 is 2.19 bits per heavy atom. The quantitative estimate of drug-likeness (QED) is 0.603. The number of rotatable bonds is 7. The molecule has 0 saturated carbocycles. The molecule has 0 aliphatic rings. The van der Waals surface area contributed by atoms with Crippen LogP contribution < -0.4 is 0 Å². The Hall–Kier alpha value is -0.130. The fraction of sp³-hybridized carbons (Fsp3) is 0.727. The molecule has 5 heteroatoms. The van der Waals surface area contributed by atoms with E-state index in [4.69, 9.17) is 5.11 Å². The van der Waals surface area contributed by atoms with E-state index >= 15 is 0 Å². The number of hydrogen-bond donors (Lipinski definition) is 1. The van der Waals surface area contributed by atoms with Crippen LogP contribution in [0.15, 0.2) is 11.4 Å². The van der Waals surface area contributed by atoms with Crippen molar-refractivity contribution in [3.63, 3.8) is 0 Å². The normalized spacial score (nSPS) is 11.3. The van der Waals surface area contributed by atoms with Gasteiger partial charge in [-0.05, 0) is 11.7 Å². The standard InChI is InChI=1S/C11H20N2OS2/c1-9(2)8-15-4-5-16-11-12-6-10(7-14)13(11)3/h6,9,14H,4-5,7-8H2,1-3H3. The average molecular weight is 260 g/mol. The number of imidazole rings is 1. The summed E-state index contributed by atoms with van der Waals surface area (Å²) in [5, 5.41) is 10.0. The minimum Gasteiger partial charge on any atom is -0.390 e. The Labute approximate surface area is 106 Å². The summed E-state index contributed by atoms with van der Waals surface area (Å²) >= 11 is 3.75. The minimum absolute atomic E-state index is 0.0617. The number of aliphatic hydroxyl groups is 1. The summed E-state index contributed by atoms with van der Waals surface area (Å²) in [6.45, 7) is 4.55. The van der Waals surface area contributed by atoms with E-state index in [1.807, 2.05) is 23.4 Å². The van der Waals surface area contributed by atoms with E-state index < -0.39 is 0 Å². The lowest BCUT2D eigenvalue weighted by molar-refractivity contribution is 0.271. The number of hydrogen-bond acceptors (Lipinski definition) is 4. The third-order valence-corrected chi connectivity index (χ3v) is 4.81. The molecule has 3 nitrogen and oxygen atoms in total. The summed E-state index contributed by atoms with van der Waals surface area (Å²) in [6, 6.07) is 0. The van der Waals surface area contributed by atoms with Crippen LogP contribution in [-0.2, 0) is 13.7 Å². The molecule has 1 aromatic rings. The van der Waals surface area contributed by atoms with Gasteiger partial charge in [0.05, 0.1) is 18.5 Å². The van der Waals surface area contributed by atoms with Gasteiger partial charge in [0.2, 0.25) is 0 Å². The minimum atomic E-state index is 0.0617. The van der Waals surface area contributed by atoms with E-state index in [9.17, 15) is 0 Å². The second-order valence-corrected chi connectivity index (χ2v) is 6.28. The number of aromatic nitrogens is 2. The molecule has 0 unspecified atom stereocenters. The summed E-state index contributed by atoms with van der Waals surface area (Å²) in [5.41, 5.74) is 0.873. The van der Waals surface area contributed by atoms with Crippen molar-refractivity contribution >= 4 is 23.5 Å². The van der Waals surface area contributed by atoms with E-state index in [-0.39, 0.29) is 6.61 Å². The SMILES string of the molecule is CC(C)CSCCSc1ncc(CO)n1C. The van der Waals surface area contributed by atoms with Crippen molar-refractivity contribution in [1.29, 1.82) is 0 Å². The first-order valence-electron chi connectivity index (χ1n) is 5.47. The van der Waals surface area contributed by atoms with Crippen LogP contribution >= 0.6 is 23.5 Å². The van der Waals surface area contributed by atoms with Gasteiger partial charge in [-0.2, -0.15) is 11.8 Å². The molecule has 0 radical (unpaired) electrons. The summed E-state index contributed by atoms with van der Waals surface area (Å²) in [4.78, 5) is 4.28. The van der Waals surface area contributed by atoms with Crippen molar-refractivity contribution in [2.75, 3.05) is 17.3 Å². The maximum absolute atomic E-state index is 9.03. The van der Waals surface area contributed by atoms with Crippen LogP contribution in [0.3, 0.4) is 0 Å². The van der Waals surface area contributed by atoms with Crippen molar-refractivity contribution in [1.82, 2.24) is 9.55 Å². The van der Waals surface area contributed by atoms with Crippen LogP contribution in [0.4, 0.5) is 0 Å². The zero-order valence-electron chi connectivity index (χ0n) is 10.1. The van der Waals surface area contributed by atoms with Crippen LogP contribution in [0.25, 0.3) is 0 Å². The molecule has 0 aliphatic heterocycles. The molecule has 0 bridgehead atoms. The van der Waals surface area contributed by atoms with Gasteiger partial charge in [-0.1, -0.05) is 25.6 Å². The van der Waals surface area contributed by atoms with Crippen molar-refractivity contribution in [2.24, 2.45) is 13.0 Å². The van der Waals surface area contributed by atoms with E-state index in [1.165, 1.54) is 5.75 Å². The van der Waals surface area contributed by atoms with E-state index in [0.717, 1.165) is 28.3 Å². The summed E-state index contributed by atoms with van der Waals surface area (Å²) in [5.74, 6) is 4.23. The lowest BCUT2D eigenvalue weighted by Crippen LogP contribution is -1.99. The molecule has 16 heavy (non-hydrogen) atoms. The molecule has 0 saturated heterocycles. The van der Waals surface area contributed by atoms with Crippen molar-refractivity contribution in [2.45, 2.75) is 25.6 Å². The first kappa shape index (κ1) is 13.9. The summed E-state index contributed by atoms with van der Waals surface area (Å²) in [6.07, 6.45) is 1.74. The van der Waals surface area contributed by atoms with Crippen LogP contribution in [-0.4, -0.2) is 31.9 Å². The third-order valence-electron chi connectivity index (χ3n) is 2.11. The van der Waals surface area contributed by atoms with E-state index in [0.29, 0.717) is 0 Å². The number of thioether (sulfide) groups is 2. The number of aliphatic hydroxyl groups excluding tert-OH is 1. The molecule has 0 atom stereocenters. The molecule has 0 spiro atoms. The van der Waals surface area contributed by atoms with E-state index in [2.05, 4.69) is 18.8 Å². The van der Waals surface area contributed by atoms with Gasteiger partial charge >= 0.3 is 0 Å². The topological polar surface area (TPSA) is 38.1 Å². The largest absolute Gasteiger partial charge is 0.390 e. The van der Waals surface area contributed by atoms with Gasteiger partial charge in [-0.3, -0.25) is 0 Å². The lowest BCUT2D eigenvalue weighted by Gasteiger charge is -2.05. The van der Waals surface area contributed by atoms with Crippen LogP contribution in [0, 0.1) is 5.92 Å². The highest BCUT2D eigenvalue weighted by Crippen LogP contribution is 2.19. The van der Waals surface area contributed by atoms with Crippen LogP contribution in [0.2, 0.25) is 0 Å². The molecule has 92 valence electrons. The highest BCUT2D eigenvalue weighted by atomic mass is 32.2. The molecule has 1 aromatic heterocycles. The van der Waals surface area contributed by atoms with Crippen LogP contribution in [0.5, 0.6) is 0 Å². The van der Waals surface area contributed by atoms with Gasteiger partial charge in [0.15, 0.2) is 5.16 Å². The Morgan fingerprint density at radius 1 is 1.44 bits per heavy atom. The fourth-order valence-electron chi connectivity index (χ4n) is 1.22. The van der Waals surface area contributed by atoms with Gasteiger partial charge in [0.1, 0.15) is 0 Å². The first-order chi connectivity index (χ1) is 7.65. The maximum Gasteiger partial charge on any atom is 0.167 e. The highest BCUT2D eigenvalue weighted by molar-refractivity contribution is 8.02. The van der Waals surface area contributed by atoms with Gasteiger partial charge in [0, 0.05) is 18.6 Å². The van der Waals surface area contributed by atoms with E-state index in [1.54, 1.807) is 18.0 Å². The summed E-state index contributed by atoms with van der Waals surface area (Å²) < 4.78 is 1.96. The summed E-state index contributed by atoms with van der Waals surface area (Å²) in [7, 11) is 1.95. The second kappa shape index (κ2) is 7.25. The predicted molar refractivity (Wildman–Crippen MR) is 72.0 cm³/mol. The monoisotopic (exact) mass is 260 g/mol. The molecule has 0 aliphatic carbocycles.